The maximum absolute atomic E-state index is 14.3. The number of carbonyl (C=O) groups is 2. The number of aryl methyl sites for hydroxylation is 1. The Morgan fingerprint density at radius 2 is 1.24 bits per heavy atom. The van der Waals surface area contributed by atoms with Crippen LogP contribution in [0.25, 0.3) is 11.1 Å². The lowest BCUT2D eigenvalue weighted by Gasteiger charge is -2.31. The molecule has 0 spiro atoms. The average molecular weight is 621 g/mol. The van der Waals surface area contributed by atoms with E-state index in [2.05, 4.69) is 29.6 Å². The molecule has 0 saturated carbocycles. The molecule has 7 heteroatoms. The first-order chi connectivity index (χ1) is 22.6. The molecular formula is C39H44N2O5. The van der Waals surface area contributed by atoms with Crippen molar-refractivity contribution in [2.24, 2.45) is 0 Å². The Bertz CT molecular complexity index is 1490. The van der Waals surface area contributed by atoms with Crippen molar-refractivity contribution in [1.82, 2.24) is 10.2 Å². The van der Waals surface area contributed by atoms with Gasteiger partial charge in [0.15, 0.2) is 6.29 Å². The smallest absolute Gasteiger partial charge is 0.407 e. The van der Waals surface area contributed by atoms with Gasteiger partial charge in [-0.3, -0.25) is 4.79 Å². The molecule has 1 atom stereocenters. The maximum atomic E-state index is 14.3. The van der Waals surface area contributed by atoms with Crippen LogP contribution >= 0.6 is 0 Å². The molecular weight excluding hydrogens is 576 g/mol. The first-order valence-corrected chi connectivity index (χ1v) is 16.3. The number of hydrogen-bond donors (Lipinski definition) is 1. The van der Waals surface area contributed by atoms with Crippen molar-refractivity contribution in [3.05, 3.63) is 131 Å². The second-order valence-corrected chi connectivity index (χ2v) is 11.4. The SMILES string of the molecule is CCOC(CN(CCc1ccccc1)C(=O)[C@H](CCc1ccccc1)NC(=O)OCC1c2ccccc2-c2ccccc21)OCC. The van der Waals surface area contributed by atoms with E-state index in [1.54, 1.807) is 4.90 Å². The summed E-state index contributed by atoms with van der Waals surface area (Å²) in [5, 5.41) is 2.94. The zero-order valence-electron chi connectivity index (χ0n) is 26.8. The van der Waals surface area contributed by atoms with Crippen molar-refractivity contribution >= 4 is 12.0 Å². The molecule has 1 aliphatic carbocycles. The Hall–Kier alpha value is -4.46. The number of carbonyl (C=O) groups excluding carboxylic acids is 2. The van der Waals surface area contributed by atoms with Crippen molar-refractivity contribution in [3.63, 3.8) is 0 Å². The van der Waals surface area contributed by atoms with Gasteiger partial charge in [-0.2, -0.15) is 0 Å². The van der Waals surface area contributed by atoms with E-state index in [9.17, 15) is 9.59 Å². The van der Waals surface area contributed by atoms with E-state index in [1.165, 1.54) is 0 Å². The van der Waals surface area contributed by atoms with Crippen LogP contribution in [0.1, 0.15) is 48.4 Å². The van der Waals surface area contributed by atoms with Gasteiger partial charge in [-0.15, -0.1) is 0 Å². The first kappa shape index (κ1) is 32.9. The van der Waals surface area contributed by atoms with Crippen LogP contribution in [0.15, 0.2) is 109 Å². The van der Waals surface area contributed by atoms with Crippen LogP contribution in [0, 0.1) is 0 Å². The molecule has 4 aromatic rings. The standard InChI is InChI=1S/C39H44N2O5/c1-3-44-37(45-4-2)27-41(26-25-30-17-9-6-10-18-30)38(42)36(24-23-29-15-7-5-8-16-29)40-39(43)46-28-35-33-21-13-11-19-31(33)32-20-12-14-22-34(32)35/h5-22,35-37H,3-4,23-28H2,1-2H3,(H,40,43)/t36-/m0/s1. The summed E-state index contributed by atoms with van der Waals surface area (Å²) in [6.45, 7) is 5.61. The minimum Gasteiger partial charge on any atom is -0.449 e. The van der Waals surface area contributed by atoms with Crippen molar-refractivity contribution in [2.45, 2.75) is 51.4 Å². The van der Waals surface area contributed by atoms with E-state index in [4.69, 9.17) is 14.2 Å². The highest BCUT2D eigenvalue weighted by Gasteiger charge is 2.31. The molecule has 0 aromatic heterocycles. The quantitative estimate of drug-likeness (QED) is 0.137. The van der Waals surface area contributed by atoms with E-state index in [1.807, 2.05) is 98.8 Å². The van der Waals surface area contributed by atoms with Crippen LogP contribution in [0.5, 0.6) is 0 Å². The number of nitrogens with zero attached hydrogens (tertiary/aromatic N) is 1. The normalized spacial score (nSPS) is 12.8. The monoisotopic (exact) mass is 620 g/mol. The van der Waals surface area contributed by atoms with E-state index in [0.29, 0.717) is 39.0 Å². The van der Waals surface area contributed by atoms with Gasteiger partial charge in [0, 0.05) is 25.7 Å². The number of rotatable bonds is 16. The number of hydrogen-bond acceptors (Lipinski definition) is 5. The third kappa shape index (κ3) is 8.62. The molecule has 0 saturated heterocycles. The molecule has 0 fully saturated rings. The molecule has 0 unspecified atom stereocenters. The van der Waals surface area contributed by atoms with Crippen molar-refractivity contribution < 1.29 is 23.8 Å². The highest BCUT2D eigenvalue weighted by atomic mass is 16.7. The van der Waals surface area contributed by atoms with Crippen molar-refractivity contribution in [1.29, 1.82) is 0 Å². The van der Waals surface area contributed by atoms with Gasteiger partial charge >= 0.3 is 6.09 Å². The Morgan fingerprint density at radius 1 is 0.717 bits per heavy atom. The Kier molecular flexibility index (Phi) is 12.0. The molecule has 4 aromatic carbocycles. The number of benzene rings is 4. The van der Waals surface area contributed by atoms with Crippen molar-refractivity contribution in [3.8, 4) is 11.1 Å². The molecule has 1 N–H and O–H groups in total. The molecule has 7 nitrogen and oxygen atoms in total. The predicted octanol–water partition coefficient (Wildman–Crippen LogP) is 7.00. The summed E-state index contributed by atoms with van der Waals surface area (Å²) in [4.78, 5) is 29.5. The fourth-order valence-electron chi connectivity index (χ4n) is 6.12. The Labute approximate surface area is 272 Å². The third-order valence-electron chi connectivity index (χ3n) is 8.40. The minimum absolute atomic E-state index is 0.0721. The summed E-state index contributed by atoms with van der Waals surface area (Å²) in [6.07, 6.45) is 0.520. The molecule has 0 bridgehead atoms. The van der Waals surface area contributed by atoms with Gasteiger partial charge in [-0.1, -0.05) is 109 Å². The van der Waals surface area contributed by atoms with Gasteiger partial charge < -0.3 is 24.4 Å². The molecule has 1 aliphatic rings. The largest absolute Gasteiger partial charge is 0.449 e. The summed E-state index contributed by atoms with van der Waals surface area (Å²) in [7, 11) is 0. The molecule has 46 heavy (non-hydrogen) atoms. The summed E-state index contributed by atoms with van der Waals surface area (Å²) in [5.74, 6) is -0.262. The molecule has 0 aliphatic heterocycles. The van der Waals surface area contributed by atoms with Gasteiger partial charge in [-0.05, 0) is 66.5 Å². The Balaban J connectivity index is 1.32. The van der Waals surface area contributed by atoms with E-state index >= 15 is 0 Å². The van der Waals surface area contributed by atoms with Crippen LogP contribution in [0.2, 0.25) is 0 Å². The molecule has 240 valence electrons. The first-order valence-electron chi connectivity index (χ1n) is 16.3. The molecule has 0 radical (unpaired) electrons. The summed E-state index contributed by atoms with van der Waals surface area (Å²) in [6, 6.07) is 35.7. The van der Waals surface area contributed by atoms with Crippen LogP contribution in [-0.2, 0) is 31.8 Å². The molecule has 5 rings (SSSR count). The summed E-state index contributed by atoms with van der Waals surface area (Å²) >= 11 is 0. The zero-order chi connectivity index (χ0) is 32.1. The van der Waals surface area contributed by atoms with E-state index in [0.717, 1.165) is 33.4 Å². The number of alkyl carbamates (subject to hydrolysis) is 1. The lowest BCUT2D eigenvalue weighted by Crippen LogP contribution is -2.52. The number of nitrogens with one attached hydrogen (secondary N) is 1. The fourth-order valence-corrected chi connectivity index (χ4v) is 6.12. The predicted molar refractivity (Wildman–Crippen MR) is 181 cm³/mol. The summed E-state index contributed by atoms with van der Waals surface area (Å²) < 4.78 is 17.5. The second kappa shape index (κ2) is 16.7. The third-order valence-corrected chi connectivity index (χ3v) is 8.40. The number of amides is 2. The highest BCUT2D eigenvalue weighted by Crippen LogP contribution is 2.44. The van der Waals surface area contributed by atoms with Gasteiger partial charge in [0.05, 0.1) is 6.54 Å². The van der Waals surface area contributed by atoms with E-state index < -0.39 is 18.4 Å². The van der Waals surface area contributed by atoms with Crippen LogP contribution < -0.4 is 5.32 Å². The lowest BCUT2D eigenvalue weighted by molar-refractivity contribution is -0.160. The second-order valence-electron chi connectivity index (χ2n) is 11.4. The van der Waals surface area contributed by atoms with Gasteiger partial charge in [0.1, 0.15) is 12.6 Å². The fraction of sp³-hybridized carbons (Fsp3) is 0.333. The summed E-state index contributed by atoms with van der Waals surface area (Å²) in [5.41, 5.74) is 6.81. The van der Waals surface area contributed by atoms with Crippen molar-refractivity contribution in [2.75, 3.05) is 32.9 Å². The minimum atomic E-state index is -0.796. The number of ether oxygens (including phenoxy) is 3. The van der Waals surface area contributed by atoms with E-state index in [-0.39, 0.29) is 25.0 Å². The van der Waals surface area contributed by atoms with Gasteiger partial charge in [0.2, 0.25) is 5.91 Å². The maximum Gasteiger partial charge on any atom is 0.407 e. The van der Waals surface area contributed by atoms with Crippen LogP contribution in [0.3, 0.4) is 0 Å². The van der Waals surface area contributed by atoms with Gasteiger partial charge in [-0.25, -0.2) is 4.79 Å². The zero-order valence-corrected chi connectivity index (χ0v) is 26.8. The topological polar surface area (TPSA) is 77.1 Å². The lowest BCUT2D eigenvalue weighted by atomic mass is 9.98. The highest BCUT2D eigenvalue weighted by molar-refractivity contribution is 5.86. The van der Waals surface area contributed by atoms with Crippen LogP contribution in [-0.4, -0.2) is 62.1 Å². The van der Waals surface area contributed by atoms with Gasteiger partial charge in [0.25, 0.3) is 0 Å². The van der Waals surface area contributed by atoms with Crippen LogP contribution in [0.4, 0.5) is 4.79 Å². The Morgan fingerprint density at radius 3 is 1.80 bits per heavy atom. The average Bonchev–Trinajstić information content (AvgIpc) is 3.41. The number of fused-ring (bicyclic) bond motifs is 3. The molecule has 2 amide bonds. The molecule has 0 heterocycles.